The van der Waals surface area contributed by atoms with E-state index in [1.54, 1.807) is 0 Å². The number of hydrogen-bond acceptors (Lipinski definition) is 5. The van der Waals surface area contributed by atoms with Crippen LogP contribution in [0.25, 0.3) is 21.0 Å². The van der Waals surface area contributed by atoms with E-state index in [0.29, 0.717) is 16.4 Å². The lowest BCUT2D eigenvalue weighted by atomic mass is 10.00. The number of hydrogen-bond donors (Lipinski definition) is 1. The summed E-state index contributed by atoms with van der Waals surface area (Å²) in [6.07, 6.45) is 1.32. The van der Waals surface area contributed by atoms with Gasteiger partial charge in [0.15, 0.2) is 0 Å². The van der Waals surface area contributed by atoms with E-state index in [2.05, 4.69) is 10.1 Å². The van der Waals surface area contributed by atoms with E-state index in [1.165, 1.54) is 22.5 Å². The first-order valence-corrected chi connectivity index (χ1v) is 9.26. The van der Waals surface area contributed by atoms with Gasteiger partial charge in [0.05, 0.1) is 15.8 Å². The second-order valence-electron chi connectivity index (χ2n) is 6.17. The average molecular weight is 370 g/mol. The standard InChI is InChI=1S/C21H14N4OS/c22-12-16-19(15-10-9-13-5-1-2-6-14(13)11-15)24-25(20(16)26)21-23-17-7-3-4-8-18(17)27-21/h1-12H,22H2/b16-12+. The van der Waals surface area contributed by atoms with Crippen LogP contribution in [0.5, 0.6) is 0 Å². The zero-order valence-electron chi connectivity index (χ0n) is 14.2. The van der Waals surface area contributed by atoms with Crippen LogP contribution < -0.4 is 10.7 Å². The lowest BCUT2D eigenvalue weighted by Gasteiger charge is -2.05. The van der Waals surface area contributed by atoms with Gasteiger partial charge < -0.3 is 5.73 Å². The van der Waals surface area contributed by atoms with Crippen LogP contribution in [-0.4, -0.2) is 16.6 Å². The van der Waals surface area contributed by atoms with Gasteiger partial charge in [-0.15, -0.1) is 0 Å². The Morgan fingerprint density at radius 1 is 0.963 bits per heavy atom. The van der Waals surface area contributed by atoms with Crippen LogP contribution in [0.2, 0.25) is 0 Å². The van der Waals surface area contributed by atoms with Gasteiger partial charge in [-0.1, -0.05) is 59.9 Å². The van der Waals surface area contributed by atoms with Crippen LogP contribution in [0, 0.1) is 0 Å². The zero-order chi connectivity index (χ0) is 18.4. The number of nitrogens with two attached hydrogens (primary N) is 1. The van der Waals surface area contributed by atoms with E-state index >= 15 is 0 Å². The summed E-state index contributed by atoms with van der Waals surface area (Å²) in [5, 5.41) is 8.66. The number of anilines is 1. The molecule has 130 valence electrons. The van der Waals surface area contributed by atoms with E-state index in [1.807, 2.05) is 66.7 Å². The number of amides is 1. The molecule has 0 spiro atoms. The quantitative estimate of drug-likeness (QED) is 0.541. The third-order valence-corrected chi connectivity index (χ3v) is 5.54. The molecule has 1 aromatic heterocycles. The second-order valence-corrected chi connectivity index (χ2v) is 7.18. The molecule has 0 aliphatic carbocycles. The molecular weight excluding hydrogens is 356 g/mol. The van der Waals surface area contributed by atoms with Crippen molar-refractivity contribution in [3.63, 3.8) is 0 Å². The molecule has 1 aliphatic rings. The molecule has 0 atom stereocenters. The van der Waals surface area contributed by atoms with E-state index in [9.17, 15) is 4.79 Å². The third kappa shape index (κ3) is 2.50. The summed E-state index contributed by atoms with van der Waals surface area (Å²) in [4.78, 5) is 17.4. The van der Waals surface area contributed by atoms with Crippen molar-refractivity contribution >= 4 is 49.1 Å². The minimum Gasteiger partial charge on any atom is -0.404 e. The van der Waals surface area contributed by atoms with Crippen LogP contribution >= 0.6 is 11.3 Å². The number of carbonyl (C=O) groups excluding carboxylic acids is 1. The Morgan fingerprint density at radius 3 is 2.56 bits per heavy atom. The summed E-state index contributed by atoms with van der Waals surface area (Å²) in [7, 11) is 0. The normalized spacial score (nSPS) is 15.9. The Bertz CT molecular complexity index is 1240. The minimum atomic E-state index is -0.264. The van der Waals surface area contributed by atoms with Crippen LogP contribution in [-0.2, 0) is 4.79 Å². The molecule has 5 nitrogen and oxygen atoms in total. The van der Waals surface area contributed by atoms with E-state index < -0.39 is 0 Å². The molecule has 4 aromatic rings. The van der Waals surface area contributed by atoms with E-state index in [-0.39, 0.29) is 5.91 Å². The number of hydrazone groups is 1. The van der Waals surface area contributed by atoms with Gasteiger partial charge in [-0.05, 0) is 29.0 Å². The van der Waals surface area contributed by atoms with Crippen molar-refractivity contribution in [2.75, 3.05) is 5.01 Å². The summed E-state index contributed by atoms with van der Waals surface area (Å²) in [5.74, 6) is -0.264. The van der Waals surface area contributed by atoms with Crippen LogP contribution in [0.4, 0.5) is 5.13 Å². The van der Waals surface area contributed by atoms with E-state index in [0.717, 1.165) is 26.6 Å². The van der Waals surface area contributed by atoms with E-state index in [4.69, 9.17) is 5.73 Å². The van der Waals surface area contributed by atoms with Crippen LogP contribution in [0.3, 0.4) is 0 Å². The molecule has 1 aliphatic heterocycles. The Labute approximate surface area is 159 Å². The highest BCUT2D eigenvalue weighted by atomic mass is 32.1. The topological polar surface area (TPSA) is 71.6 Å². The molecule has 2 heterocycles. The molecule has 3 aromatic carbocycles. The molecule has 6 heteroatoms. The number of carbonyl (C=O) groups is 1. The van der Waals surface area contributed by atoms with Crippen molar-refractivity contribution in [2.45, 2.75) is 0 Å². The predicted molar refractivity (Wildman–Crippen MR) is 110 cm³/mol. The van der Waals surface area contributed by atoms with Gasteiger partial charge in [0.25, 0.3) is 5.91 Å². The molecule has 5 rings (SSSR count). The van der Waals surface area contributed by atoms with Crippen molar-refractivity contribution in [2.24, 2.45) is 10.8 Å². The highest BCUT2D eigenvalue weighted by Crippen LogP contribution is 2.33. The summed E-state index contributed by atoms with van der Waals surface area (Å²) in [5.41, 5.74) is 8.41. The summed E-state index contributed by atoms with van der Waals surface area (Å²) in [6, 6.07) is 21.8. The fourth-order valence-corrected chi connectivity index (χ4v) is 4.11. The molecular formula is C21H14N4OS. The Hall–Kier alpha value is -3.51. The number of aromatic nitrogens is 1. The minimum absolute atomic E-state index is 0.264. The van der Waals surface area contributed by atoms with Gasteiger partial charge in [0, 0.05) is 11.8 Å². The van der Waals surface area contributed by atoms with Crippen LogP contribution in [0.15, 0.2) is 83.6 Å². The Morgan fingerprint density at radius 2 is 1.74 bits per heavy atom. The van der Waals surface area contributed by atoms with Gasteiger partial charge in [0.1, 0.15) is 5.71 Å². The molecule has 27 heavy (non-hydrogen) atoms. The Kier molecular flexibility index (Phi) is 3.51. The SMILES string of the molecule is N/C=C1/C(=O)N(c2nc3ccccc3s2)N=C1c1ccc2ccccc2c1. The number of fused-ring (bicyclic) bond motifs is 2. The highest BCUT2D eigenvalue weighted by molar-refractivity contribution is 7.22. The predicted octanol–water partition coefficient (Wildman–Crippen LogP) is 4.04. The first-order valence-electron chi connectivity index (χ1n) is 8.45. The van der Waals surface area contributed by atoms with Gasteiger partial charge in [-0.3, -0.25) is 4.79 Å². The summed E-state index contributed by atoms with van der Waals surface area (Å²) in [6.45, 7) is 0. The van der Waals surface area contributed by atoms with Crippen molar-refractivity contribution in [3.05, 3.63) is 84.1 Å². The first kappa shape index (κ1) is 15.7. The number of para-hydroxylation sites is 1. The van der Waals surface area contributed by atoms with Crippen molar-refractivity contribution in [1.82, 2.24) is 4.98 Å². The number of nitrogens with zero attached hydrogens (tertiary/aromatic N) is 3. The molecule has 0 saturated carbocycles. The smallest absolute Gasteiger partial charge is 0.284 e. The number of thiazole rings is 1. The molecule has 2 N–H and O–H groups in total. The van der Waals surface area contributed by atoms with Gasteiger partial charge >= 0.3 is 0 Å². The largest absolute Gasteiger partial charge is 0.404 e. The highest BCUT2D eigenvalue weighted by Gasteiger charge is 2.33. The average Bonchev–Trinajstić information content (AvgIpc) is 3.28. The maximum atomic E-state index is 12.9. The number of rotatable bonds is 2. The lowest BCUT2D eigenvalue weighted by Crippen LogP contribution is -2.21. The summed E-state index contributed by atoms with van der Waals surface area (Å²) >= 11 is 1.43. The summed E-state index contributed by atoms with van der Waals surface area (Å²) < 4.78 is 1.01. The fraction of sp³-hybridized carbons (Fsp3) is 0. The molecule has 0 bridgehead atoms. The fourth-order valence-electron chi connectivity index (χ4n) is 3.20. The van der Waals surface area contributed by atoms with Crippen molar-refractivity contribution in [1.29, 1.82) is 0 Å². The van der Waals surface area contributed by atoms with Crippen LogP contribution in [0.1, 0.15) is 5.56 Å². The monoisotopic (exact) mass is 370 g/mol. The molecule has 0 saturated heterocycles. The van der Waals surface area contributed by atoms with Gasteiger partial charge in [-0.25, -0.2) is 4.98 Å². The Balaban J connectivity index is 1.63. The van der Waals surface area contributed by atoms with Crippen molar-refractivity contribution in [3.8, 4) is 0 Å². The van der Waals surface area contributed by atoms with Gasteiger partial charge in [0.2, 0.25) is 5.13 Å². The maximum absolute atomic E-state index is 12.9. The van der Waals surface area contributed by atoms with Crippen molar-refractivity contribution < 1.29 is 4.79 Å². The molecule has 0 radical (unpaired) electrons. The van der Waals surface area contributed by atoms with Gasteiger partial charge in [-0.2, -0.15) is 10.1 Å². The molecule has 0 fully saturated rings. The zero-order valence-corrected chi connectivity index (χ0v) is 15.0. The number of benzene rings is 3. The third-order valence-electron chi connectivity index (χ3n) is 4.53. The lowest BCUT2D eigenvalue weighted by molar-refractivity contribution is -0.114. The second kappa shape index (κ2) is 6.03. The molecule has 1 amide bonds. The molecule has 0 unspecified atom stereocenters. The maximum Gasteiger partial charge on any atom is 0.284 e. The first-order chi connectivity index (χ1) is 13.2.